The van der Waals surface area contributed by atoms with E-state index in [9.17, 15) is 9.59 Å². The fourth-order valence-electron chi connectivity index (χ4n) is 10.7. The van der Waals surface area contributed by atoms with Gasteiger partial charge in [0.2, 0.25) is 0 Å². The molecule has 0 aliphatic heterocycles. The van der Waals surface area contributed by atoms with E-state index in [4.69, 9.17) is 0 Å². The van der Waals surface area contributed by atoms with Crippen molar-refractivity contribution in [1.82, 2.24) is 0 Å². The van der Waals surface area contributed by atoms with Gasteiger partial charge in [-0.2, -0.15) is 0 Å². The summed E-state index contributed by atoms with van der Waals surface area (Å²) in [6.45, 7) is 14.1. The Bertz CT molecular complexity index is 784. The lowest BCUT2D eigenvalue weighted by molar-refractivity contribution is -0.146. The van der Waals surface area contributed by atoms with Crippen molar-refractivity contribution in [3.05, 3.63) is 0 Å². The zero-order valence-electron chi connectivity index (χ0n) is 21.1. The van der Waals surface area contributed by atoms with Gasteiger partial charge in [0.05, 0.1) is 0 Å². The fraction of sp³-hybridized carbons (Fsp3) is 0.931. The lowest BCUT2D eigenvalue weighted by Gasteiger charge is -2.61. The summed E-state index contributed by atoms with van der Waals surface area (Å²) in [5.41, 5.74) is 1.95. The van der Waals surface area contributed by atoms with Crippen molar-refractivity contribution in [2.75, 3.05) is 0 Å². The molecule has 2 heteroatoms. The van der Waals surface area contributed by atoms with Crippen LogP contribution in [0.25, 0.3) is 0 Å². The van der Waals surface area contributed by atoms with Crippen molar-refractivity contribution in [3.63, 3.8) is 0 Å². The van der Waals surface area contributed by atoms with Crippen LogP contribution in [0.4, 0.5) is 0 Å². The summed E-state index contributed by atoms with van der Waals surface area (Å²) < 4.78 is 0. The quantitative estimate of drug-likeness (QED) is 0.464. The van der Waals surface area contributed by atoms with Gasteiger partial charge in [0, 0.05) is 24.7 Å². The smallest absolute Gasteiger partial charge is 0.136 e. The van der Waals surface area contributed by atoms with Gasteiger partial charge >= 0.3 is 0 Å². The third-order valence-corrected chi connectivity index (χ3v) is 12.7. The Balaban J connectivity index is 1.38. The molecule has 0 aromatic heterocycles. The van der Waals surface area contributed by atoms with Gasteiger partial charge in [-0.05, 0) is 103 Å². The van der Waals surface area contributed by atoms with Crippen LogP contribution in [0, 0.1) is 57.2 Å². The molecule has 0 bridgehead atoms. The highest BCUT2D eigenvalue weighted by Crippen LogP contribution is 2.88. The molecule has 0 aromatic carbocycles. The second kappa shape index (κ2) is 6.92. The predicted octanol–water partition coefficient (Wildman–Crippen LogP) is 7.25. The number of hydrogen-bond donors (Lipinski definition) is 0. The van der Waals surface area contributed by atoms with Crippen molar-refractivity contribution < 1.29 is 9.59 Å². The first-order chi connectivity index (χ1) is 14.5. The highest BCUT2D eigenvalue weighted by Gasteiger charge is 2.81. The first-order valence-electron chi connectivity index (χ1n) is 13.6. The lowest BCUT2D eigenvalue weighted by atomic mass is 9.43. The summed E-state index contributed by atoms with van der Waals surface area (Å²) >= 11 is 0. The van der Waals surface area contributed by atoms with Crippen LogP contribution in [0.5, 0.6) is 0 Å². The van der Waals surface area contributed by atoms with Crippen molar-refractivity contribution in [1.29, 1.82) is 0 Å². The molecule has 5 fully saturated rings. The van der Waals surface area contributed by atoms with Crippen LogP contribution >= 0.6 is 0 Å². The van der Waals surface area contributed by atoms with Crippen LogP contribution in [0.15, 0.2) is 0 Å². The average molecular weight is 427 g/mol. The Morgan fingerprint density at radius 2 is 1.71 bits per heavy atom. The first kappa shape index (κ1) is 22.1. The molecule has 2 nitrogen and oxygen atoms in total. The first-order valence-corrected chi connectivity index (χ1v) is 13.6. The predicted molar refractivity (Wildman–Crippen MR) is 126 cm³/mol. The van der Waals surface area contributed by atoms with Gasteiger partial charge < -0.3 is 0 Å². The van der Waals surface area contributed by atoms with E-state index in [0.717, 1.165) is 31.1 Å². The molecule has 5 rings (SSSR count). The maximum atomic E-state index is 12.5. The Labute approximate surface area is 190 Å². The summed E-state index contributed by atoms with van der Waals surface area (Å²) in [6.07, 6.45) is 13.5. The van der Waals surface area contributed by atoms with E-state index < -0.39 is 0 Å². The molecule has 5 saturated carbocycles. The zero-order valence-corrected chi connectivity index (χ0v) is 21.1. The lowest BCUT2D eigenvalue weighted by Crippen LogP contribution is -2.55. The summed E-state index contributed by atoms with van der Waals surface area (Å²) in [6, 6.07) is 0. The van der Waals surface area contributed by atoms with Crippen LogP contribution < -0.4 is 0 Å². The molecule has 0 saturated heterocycles. The summed E-state index contributed by atoms with van der Waals surface area (Å²) in [5.74, 6) is 4.45. The van der Waals surface area contributed by atoms with Gasteiger partial charge in [0.25, 0.3) is 0 Å². The van der Waals surface area contributed by atoms with Gasteiger partial charge in [0.1, 0.15) is 11.6 Å². The number of hydrogen-bond acceptors (Lipinski definition) is 2. The van der Waals surface area contributed by atoms with Gasteiger partial charge in [-0.3, -0.25) is 9.59 Å². The van der Waals surface area contributed by atoms with E-state index in [1.807, 2.05) is 13.8 Å². The number of rotatable bonds is 5. The third kappa shape index (κ3) is 2.69. The van der Waals surface area contributed by atoms with E-state index in [1.54, 1.807) is 0 Å². The average Bonchev–Trinajstić information content (AvgIpc) is 3.31. The van der Waals surface area contributed by atoms with Crippen LogP contribution in [-0.4, -0.2) is 11.6 Å². The zero-order chi connectivity index (χ0) is 22.4. The minimum atomic E-state index is 0.178. The molecular formula is C29H46O2. The fourth-order valence-corrected chi connectivity index (χ4v) is 10.7. The van der Waals surface area contributed by atoms with Crippen LogP contribution in [0.3, 0.4) is 0 Å². The maximum absolute atomic E-state index is 12.5. The van der Waals surface area contributed by atoms with E-state index in [0.29, 0.717) is 51.0 Å². The largest absolute Gasteiger partial charge is 0.299 e. The van der Waals surface area contributed by atoms with Crippen LogP contribution in [0.1, 0.15) is 112 Å². The van der Waals surface area contributed by atoms with Crippen LogP contribution in [0.2, 0.25) is 0 Å². The van der Waals surface area contributed by atoms with E-state index in [1.165, 1.54) is 51.4 Å². The number of carbonyl (C=O) groups excluding carboxylic acids is 2. The highest BCUT2D eigenvalue weighted by molar-refractivity contribution is 5.82. The Hall–Kier alpha value is -0.660. The SMILES string of the molecule is CC(C)C(=O)CCC(C)C1CC[C@@]2(C)[C@@H]3CC[C@H]4[C@H](C)C(=O)CC[C@@]45C[C@@]35CC[C@]12C. The Morgan fingerprint density at radius 3 is 2.42 bits per heavy atom. The van der Waals surface area contributed by atoms with Crippen molar-refractivity contribution in [2.24, 2.45) is 57.2 Å². The van der Waals surface area contributed by atoms with Gasteiger partial charge in [-0.15, -0.1) is 0 Å². The van der Waals surface area contributed by atoms with Gasteiger partial charge in [-0.1, -0.05) is 41.5 Å². The molecule has 9 atom stereocenters. The minimum Gasteiger partial charge on any atom is -0.299 e. The molecule has 5 aliphatic rings. The Morgan fingerprint density at radius 1 is 0.968 bits per heavy atom. The van der Waals surface area contributed by atoms with E-state index >= 15 is 0 Å². The molecule has 0 amide bonds. The second-order valence-electron chi connectivity index (χ2n) is 13.6. The molecule has 0 aromatic rings. The molecule has 0 N–H and O–H groups in total. The van der Waals surface area contributed by atoms with Crippen LogP contribution in [-0.2, 0) is 9.59 Å². The number of ketones is 2. The topological polar surface area (TPSA) is 34.1 Å². The number of fused-ring (bicyclic) bond motifs is 2. The molecule has 31 heavy (non-hydrogen) atoms. The molecule has 0 heterocycles. The van der Waals surface area contributed by atoms with Gasteiger partial charge in [0.15, 0.2) is 0 Å². The van der Waals surface area contributed by atoms with Crippen molar-refractivity contribution in [3.8, 4) is 0 Å². The summed E-state index contributed by atoms with van der Waals surface area (Å²) in [4.78, 5) is 24.8. The monoisotopic (exact) mass is 426 g/mol. The highest BCUT2D eigenvalue weighted by atomic mass is 16.1. The van der Waals surface area contributed by atoms with Crippen molar-refractivity contribution in [2.45, 2.75) is 112 Å². The van der Waals surface area contributed by atoms with E-state index in [-0.39, 0.29) is 5.92 Å². The Kier molecular flexibility index (Phi) is 4.95. The second-order valence-corrected chi connectivity index (χ2v) is 13.6. The van der Waals surface area contributed by atoms with E-state index in [2.05, 4.69) is 27.7 Å². The molecule has 174 valence electrons. The van der Waals surface area contributed by atoms with Crippen molar-refractivity contribution >= 4 is 11.6 Å². The normalized spacial score (nSPS) is 51.5. The maximum Gasteiger partial charge on any atom is 0.136 e. The third-order valence-electron chi connectivity index (χ3n) is 12.7. The standard InChI is InChI=1S/C29H46O2/c1-18(2)23(30)9-7-19(3)21-11-13-27(6)25-10-8-22-20(4)24(31)12-14-28(22)17-29(25,28)16-15-26(21,27)5/h18-22,25H,7-17H2,1-6H3/t19?,20-,21?,22-,25-,26+,27-,28+,29-/m0/s1. The van der Waals surface area contributed by atoms with Gasteiger partial charge in [-0.25, -0.2) is 0 Å². The number of Topliss-reactive ketones (excluding diaryl/α,β-unsaturated/α-hetero) is 2. The summed E-state index contributed by atoms with van der Waals surface area (Å²) in [7, 11) is 0. The molecule has 2 unspecified atom stereocenters. The number of carbonyl (C=O) groups is 2. The summed E-state index contributed by atoms with van der Waals surface area (Å²) in [5, 5.41) is 0. The molecular weight excluding hydrogens is 380 g/mol. The molecule has 2 spiro atoms. The molecule has 5 aliphatic carbocycles. The molecule has 0 radical (unpaired) electrons. The minimum absolute atomic E-state index is 0.178.